The zero-order valence-corrected chi connectivity index (χ0v) is 13.3. The molecule has 2 saturated heterocycles. The largest absolute Gasteiger partial charge is 0.419 e. The summed E-state index contributed by atoms with van der Waals surface area (Å²) in [5.41, 5.74) is -0.782. The second-order valence-corrected chi connectivity index (χ2v) is 6.21. The molecule has 1 unspecified atom stereocenters. The summed E-state index contributed by atoms with van der Waals surface area (Å²) in [6, 6.07) is 1.70. The Bertz CT molecular complexity index is 587. The molecule has 0 spiro atoms. The minimum Gasteiger partial charge on any atom is -0.343 e. The molecule has 0 aliphatic carbocycles. The lowest BCUT2D eigenvalue weighted by molar-refractivity contribution is -0.137. The Morgan fingerprint density at radius 3 is 2.67 bits per heavy atom. The highest BCUT2D eigenvalue weighted by molar-refractivity contribution is 5.90. The minimum atomic E-state index is -4.49. The van der Waals surface area contributed by atoms with Crippen LogP contribution in [0.3, 0.4) is 0 Å². The van der Waals surface area contributed by atoms with Crippen LogP contribution in [0.5, 0.6) is 0 Å². The topological polar surface area (TPSA) is 57.3 Å². The SMILES string of the molecule is O=C(C1CCNCC1)C1CNCCN1c1ncccc1C(F)(F)F. The first-order valence-corrected chi connectivity index (χ1v) is 8.22. The Balaban J connectivity index is 1.89. The van der Waals surface area contributed by atoms with Crippen LogP contribution in [0.15, 0.2) is 18.3 Å². The van der Waals surface area contributed by atoms with E-state index in [-0.39, 0.29) is 17.5 Å². The molecule has 8 heteroatoms. The Labute approximate surface area is 138 Å². The number of alkyl halides is 3. The van der Waals surface area contributed by atoms with Crippen molar-refractivity contribution in [1.82, 2.24) is 15.6 Å². The third-order valence-electron chi connectivity index (χ3n) is 4.68. The van der Waals surface area contributed by atoms with E-state index < -0.39 is 17.8 Å². The number of aromatic nitrogens is 1. The Morgan fingerprint density at radius 1 is 1.21 bits per heavy atom. The third-order valence-corrected chi connectivity index (χ3v) is 4.68. The standard InChI is InChI=1S/C16H21F3N4O/c17-16(18,19)12-2-1-5-22-15(12)23-9-8-21-10-13(23)14(24)11-3-6-20-7-4-11/h1-2,5,11,13,20-21H,3-4,6-10H2. The van der Waals surface area contributed by atoms with E-state index in [0.29, 0.717) is 19.6 Å². The van der Waals surface area contributed by atoms with Crippen molar-refractivity contribution in [1.29, 1.82) is 0 Å². The van der Waals surface area contributed by atoms with Gasteiger partial charge in [-0.1, -0.05) is 0 Å². The smallest absolute Gasteiger partial charge is 0.343 e. The lowest BCUT2D eigenvalue weighted by atomic mass is 9.88. The summed E-state index contributed by atoms with van der Waals surface area (Å²) < 4.78 is 39.9. The van der Waals surface area contributed by atoms with Crippen LogP contribution in [0.2, 0.25) is 0 Å². The molecule has 0 bridgehead atoms. The quantitative estimate of drug-likeness (QED) is 0.871. The molecule has 1 aromatic rings. The molecule has 24 heavy (non-hydrogen) atoms. The van der Waals surface area contributed by atoms with Crippen molar-refractivity contribution in [3.63, 3.8) is 0 Å². The molecule has 5 nitrogen and oxygen atoms in total. The maximum atomic E-state index is 13.3. The fraction of sp³-hybridized carbons (Fsp3) is 0.625. The summed E-state index contributed by atoms with van der Waals surface area (Å²) in [4.78, 5) is 18.4. The van der Waals surface area contributed by atoms with Gasteiger partial charge in [0.1, 0.15) is 11.9 Å². The van der Waals surface area contributed by atoms with Crippen LogP contribution in [0, 0.1) is 5.92 Å². The fourth-order valence-electron chi connectivity index (χ4n) is 3.44. The number of anilines is 1. The predicted molar refractivity (Wildman–Crippen MR) is 83.8 cm³/mol. The number of ketones is 1. The maximum absolute atomic E-state index is 13.3. The molecule has 1 atom stereocenters. The second-order valence-electron chi connectivity index (χ2n) is 6.21. The average Bonchev–Trinajstić information content (AvgIpc) is 2.61. The Kier molecular flexibility index (Phi) is 5.05. The monoisotopic (exact) mass is 342 g/mol. The van der Waals surface area contributed by atoms with Gasteiger partial charge in [-0.05, 0) is 38.1 Å². The molecule has 3 heterocycles. The van der Waals surface area contributed by atoms with Gasteiger partial charge in [0.05, 0.1) is 5.56 Å². The van der Waals surface area contributed by atoms with Crippen LogP contribution in [0.4, 0.5) is 19.0 Å². The van der Waals surface area contributed by atoms with Crippen LogP contribution in [0.1, 0.15) is 18.4 Å². The molecule has 0 saturated carbocycles. The van der Waals surface area contributed by atoms with Gasteiger partial charge < -0.3 is 15.5 Å². The van der Waals surface area contributed by atoms with E-state index in [4.69, 9.17) is 0 Å². The summed E-state index contributed by atoms with van der Waals surface area (Å²) in [6.07, 6.45) is -1.68. The Morgan fingerprint density at radius 2 is 1.96 bits per heavy atom. The van der Waals surface area contributed by atoms with E-state index in [1.807, 2.05) is 0 Å². The van der Waals surface area contributed by atoms with E-state index in [2.05, 4.69) is 15.6 Å². The van der Waals surface area contributed by atoms with Gasteiger partial charge in [0.15, 0.2) is 5.78 Å². The van der Waals surface area contributed by atoms with Crippen molar-refractivity contribution in [2.75, 3.05) is 37.6 Å². The number of Topliss-reactive ketones (excluding diaryl/α,β-unsaturated/α-hetero) is 1. The van der Waals surface area contributed by atoms with Gasteiger partial charge in [0.25, 0.3) is 0 Å². The molecule has 0 amide bonds. The number of hydrogen-bond donors (Lipinski definition) is 2. The number of nitrogens with one attached hydrogen (secondary N) is 2. The molecule has 2 aliphatic heterocycles. The van der Waals surface area contributed by atoms with E-state index in [9.17, 15) is 18.0 Å². The highest BCUT2D eigenvalue weighted by Crippen LogP contribution is 2.36. The molecule has 2 aliphatic rings. The summed E-state index contributed by atoms with van der Waals surface area (Å²) in [5, 5.41) is 6.33. The summed E-state index contributed by atoms with van der Waals surface area (Å²) >= 11 is 0. The predicted octanol–water partition coefficient (Wildman–Crippen LogP) is 1.45. The van der Waals surface area contributed by atoms with Gasteiger partial charge in [0, 0.05) is 31.7 Å². The number of piperazine rings is 1. The van der Waals surface area contributed by atoms with Gasteiger partial charge in [-0.3, -0.25) is 4.79 Å². The highest BCUT2D eigenvalue weighted by atomic mass is 19.4. The summed E-state index contributed by atoms with van der Waals surface area (Å²) in [5.74, 6) is -0.224. The van der Waals surface area contributed by atoms with Crippen LogP contribution in [-0.2, 0) is 11.0 Å². The number of nitrogens with zero attached hydrogens (tertiary/aromatic N) is 2. The fourth-order valence-corrected chi connectivity index (χ4v) is 3.44. The first kappa shape index (κ1) is 17.2. The molecular weight excluding hydrogens is 321 g/mol. The number of piperidine rings is 1. The van der Waals surface area contributed by atoms with Gasteiger partial charge in [0.2, 0.25) is 0 Å². The normalized spacial score (nSPS) is 23.3. The Hall–Kier alpha value is -1.67. The molecule has 1 aromatic heterocycles. The maximum Gasteiger partial charge on any atom is 0.419 e. The zero-order chi connectivity index (χ0) is 17.2. The van der Waals surface area contributed by atoms with Crippen LogP contribution in [0.25, 0.3) is 0 Å². The zero-order valence-electron chi connectivity index (χ0n) is 13.3. The van der Waals surface area contributed by atoms with Gasteiger partial charge >= 0.3 is 6.18 Å². The number of rotatable bonds is 3. The van der Waals surface area contributed by atoms with E-state index in [1.165, 1.54) is 17.2 Å². The minimum absolute atomic E-state index is 0.0162. The molecule has 2 fully saturated rings. The molecule has 0 aromatic carbocycles. The van der Waals surface area contributed by atoms with Crippen molar-refractivity contribution in [3.05, 3.63) is 23.9 Å². The molecular formula is C16H21F3N4O. The van der Waals surface area contributed by atoms with Crippen molar-refractivity contribution < 1.29 is 18.0 Å². The molecule has 2 N–H and O–H groups in total. The number of hydrogen-bond acceptors (Lipinski definition) is 5. The number of carbonyl (C=O) groups is 1. The van der Waals surface area contributed by atoms with Crippen molar-refractivity contribution in [2.45, 2.75) is 25.1 Å². The van der Waals surface area contributed by atoms with Crippen molar-refractivity contribution in [3.8, 4) is 0 Å². The lowest BCUT2D eigenvalue weighted by Crippen LogP contribution is -2.57. The molecule has 132 valence electrons. The van der Waals surface area contributed by atoms with Gasteiger partial charge in [-0.15, -0.1) is 0 Å². The number of pyridine rings is 1. The summed E-state index contributed by atoms with van der Waals surface area (Å²) in [7, 11) is 0. The van der Waals surface area contributed by atoms with Crippen LogP contribution >= 0.6 is 0 Å². The average molecular weight is 342 g/mol. The van der Waals surface area contributed by atoms with Crippen molar-refractivity contribution in [2.24, 2.45) is 5.92 Å². The highest BCUT2D eigenvalue weighted by Gasteiger charge is 2.40. The third kappa shape index (κ3) is 3.54. The van der Waals surface area contributed by atoms with Crippen molar-refractivity contribution >= 4 is 11.6 Å². The lowest BCUT2D eigenvalue weighted by Gasteiger charge is -2.39. The van der Waals surface area contributed by atoms with Gasteiger partial charge in [-0.2, -0.15) is 13.2 Å². The van der Waals surface area contributed by atoms with E-state index >= 15 is 0 Å². The molecule has 3 rings (SSSR count). The summed E-state index contributed by atoms with van der Waals surface area (Å²) in [6.45, 7) is 2.77. The second kappa shape index (κ2) is 7.06. The van der Waals surface area contributed by atoms with Crippen LogP contribution < -0.4 is 15.5 Å². The van der Waals surface area contributed by atoms with E-state index in [1.54, 1.807) is 0 Å². The number of carbonyl (C=O) groups excluding carboxylic acids is 1. The number of halogens is 3. The first-order valence-electron chi connectivity index (χ1n) is 8.22. The van der Waals surface area contributed by atoms with Gasteiger partial charge in [-0.25, -0.2) is 4.98 Å². The van der Waals surface area contributed by atoms with Crippen LogP contribution in [-0.4, -0.2) is 49.5 Å². The first-order chi connectivity index (χ1) is 11.5. The molecule has 0 radical (unpaired) electrons. The van der Waals surface area contributed by atoms with E-state index in [0.717, 1.165) is 32.0 Å².